The van der Waals surface area contributed by atoms with Crippen molar-refractivity contribution in [1.82, 2.24) is 4.98 Å². The standard InChI is InChI=1S/C10H6FNO3S/c11-6-3-1-5(2-4-6)9-12-8(13)7(16-9)10(14)15/h1-4,13H,(H,14,15). The molecule has 0 aliphatic carbocycles. The number of rotatable bonds is 2. The first kappa shape index (κ1) is 10.6. The molecule has 0 unspecified atom stereocenters. The molecule has 6 heteroatoms. The van der Waals surface area contributed by atoms with Gasteiger partial charge in [-0.15, -0.1) is 11.3 Å². The van der Waals surface area contributed by atoms with Gasteiger partial charge in [0.05, 0.1) is 0 Å². The highest BCUT2D eigenvalue weighted by atomic mass is 32.1. The molecule has 16 heavy (non-hydrogen) atoms. The Labute approximate surface area is 93.6 Å². The number of hydrogen-bond acceptors (Lipinski definition) is 4. The average Bonchev–Trinajstić information content (AvgIpc) is 2.61. The van der Waals surface area contributed by atoms with Crippen molar-refractivity contribution < 1.29 is 19.4 Å². The van der Waals surface area contributed by atoms with Gasteiger partial charge in [0.1, 0.15) is 10.8 Å². The summed E-state index contributed by atoms with van der Waals surface area (Å²) in [5.74, 6) is -2.14. The number of aromatic carboxylic acids is 1. The van der Waals surface area contributed by atoms with E-state index in [0.29, 0.717) is 10.6 Å². The first-order valence-corrected chi connectivity index (χ1v) is 5.08. The highest BCUT2D eigenvalue weighted by Crippen LogP contribution is 2.31. The quantitative estimate of drug-likeness (QED) is 0.843. The molecule has 0 aliphatic heterocycles. The van der Waals surface area contributed by atoms with E-state index in [1.807, 2.05) is 0 Å². The van der Waals surface area contributed by atoms with E-state index in [0.717, 1.165) is 11.3 Å². The zero-order chi connectivity index (χ0) is 11.7. The molecule has 0 fully saturated rings. The van der Waals surface area contributed by atoms with Crippen LogP contribution in [0.4, 0.5) is 4.39 Å². The van der Waals surface area contributed by atoms with Crippen molar-refractivity contribution in [2.45, 2.75) is 0 Å². The minimum Gasteiger partial charge on any atom is -0.492 e. The summed E-state index contributed by atoms with van der Waals surface area (Å²) in [6.45, 7) is 0. The lowest BCUT2D eigenvalue weighted by atomic mass is 10.2. The van der Waals surface area contributed by atoms with Crippen LogP contribution in [-0.4, -0.2) is 21.2 Å². The molecule has 4 nitrogen and oxygen atoms in total. The number of carbonyl (C=O) groups is 1. The van der Waals surface area contributed by atoms with Gasteiger partial charge >= 0.3 is 5.97 Å². The smallest absolute Gasteiger partial charge is 0.351 e. The summed E-state index contributed by atoms with van der Waals surface area (Å²) in [5.41, 5.74) is 0.564. The van der Waals surface area contributed by atoms with Crippen LogP contribution in [0.2, 0.25) is 0 Å². The average molecular weight is 239 g/mol. The normalized spacial score (nSPS) is 10.3. The predicted molar refractivity (Wildman–Crippen MR) is 56.1 cm³/mol. The summed E-state index contributed by atoms with van der Waals surface area (Å²) in [5, 5.41) is 18.3. The van der Waals surface area contributed by atoms with Gasteiger partial charge < -0.3 is 10.2 Å². The molecule has 2 rings (SSSR count). The van der Waals surface area contributed by atoms with Gasteiger partial charge in [-0.2, -0.15) is 0 Å². The molecule has 2 N–H and O–H groups in total. The molecular formula is C10H6FNO3S. The molecule has 0 aliphatic rings. The largest absolute Gasteiger partial charge is 0.492 e. The molecular weight excluding hydrogens is 233 g/mol. The van der Waals surface area contributed by atoms with E-state index in [4.69, 9.17) is 5.11 Å². The number of thiazole rings is 1. The van der Waals surface area contributed by atoms with Crippen LogP contribution in [0.1, 0.15) is 9.67 Å². The van der Waals surface area contributed by atoms with E-state index < -0.39 is 11.8 Å². The number of halogens is 1. The SMILES string of the molecule is O=C(O)c1sc(-c2ccc(F)cc2)nc1O. The van der Waals surface area contributed by atoms with Crippen LogP contribution in [0.25, 0.3) is 10.6 Å². The fraction of sp³-hybridized carbons (Fsp3) is 0. The third kappa shape index (κ3) is 1.87. The summed E-state index contributed by atoms with van der Waals surface area (Å²) in [6.07, 6.45) is 0. The van der Waals surface area contributed by atoms with Crippen molar-refractivity contribution in [2.24, 2.45) is 0 Å². The Morgan fingerprint density at radius 1 is 1.31 bits per heavy atom. The van der Waals surface area contributed by atoms with E-state index in [1.165, 1.54) is 24.3 Å². The number of aromatic hydroxyl groups is 1. The Hall–Kier alpha value is -1.95. The summed E-state index contributed by atoms with van der Waals surface area (Å²) in [6, 6.07) is 5.43. The molecule has 0 amide bonds. The van der Waals surface area contributed by atoms with Gasteiger partial charge in [-0.3, -0.25) is 0 Å². The third-order valence-corrected chi connectivity index (χ3v) is 2.98. The minimum absolute atomic E-state index is 0.223. The van der Waals surface area contributed by atoms with Crippen molar-refractivity contribution >= 4 is 17.3 Å². The van der Waals surface area contributed by atoms with Crippen molar-refractivity contribution in [1.29, 1.82) is 0 Å². The molecule has 82 valence electrons. The van der Waals surface area contributed by atoms with Crippen LogP contribution in [0.5, 0.6) is 5.88 Å². The lowest BCUT2D eigenvalue weighted by Crippen LogP contribution is -1.91. The second kappa shape index (κ2) is 3.90. The van der Waals surface area contributed by atoms with Crippen molar-refractivity contribution in [3.63, 3.8) is 0 Å². The summed E-state index contributed by atoms with van der Waals surface area (Å²) >= 11 is 0.843. The Bertz CT molecular complexity index is 535. The Morgan fingerprint density at radius 3 is 2.44 bits per heavy atom. The highest BCUT2D eigenvalue weighted by molar-refractivity contribution is 7.17. The van der Waals surface area contributed by atoms with E-state index in [-0.39, 0.29) is 10.7 Å². The Balaban J connectivity index is 2.45. The number of carboxylic acid groups (broad SMARTS) is 1. The third-order valence-electron chi connectivity index (χ3n) is 1.89. The maximum Gasteiger partial charge on any atom is 0.351 e. The van der Waals surface area contributed by atoms with Crippen LogP contribution in [0.15, 0.2) is 24.3 Å². The van der Waals surface area contributed by atoms with Gasteiger partial charge in [-0.05, 0) is 24.3 Å². The van der Waals surface area contributed by atoms with Gasteiger partial charge in [-0.25, -0.2) is 14.2 Å². The number of hydrogen-bond donors (Lipinski definition) is 2. The zero-order valence-electron chi connectivity index (χ0n) is 7.85. The fourth-order valence-corrected chi connectivity index (χ4v) is 1.97. The lowest BCUT2D eigenvalue weighted by Gasteiger charge is -1.93. The summed E-state index contributed by atoms with van der Waals surface area (Å²) in [7, 11) is 0. The number of nitrogens with zero attached hydrogens (tertiary/aromatic N) is 1. The fourth-order valence-electron chi connectivity index (χ4n) is 1.17. The van der Waals surface area contributed by atoms with Crippen molar-refractivity contribution in [3.05, 3.63) is 35.0 Å². The van der Waals surface area contributed by atoms with E-state index in [9.17, 15) is 14.3 Å². The molecule has 1 aromatic carbocycles. The summed E-state index contributed by atoms with van der Waals surface area (Å²) < 4.78 is 12.7. The van der Waals surface area contributed by atoms with E-state index >= 15 is 0 Å². The first-order chi connectivity index (χ1) is 7.58. The van der Waals surface area contributed by atoms with Crippen LogP contribution in [0.3, 0.4) is 0 Å². The topological polar surface area (TPSA) is 70.4 Å². The first-order valence-electron chi connectivity index (χ1n) is 4.27. The second-order valence-electron chi connectivity index (χ2n) is 2.98. The minimum atomic E-state index is -1.23. The van der Waals surface area contributed by atoms with Crippen molar-refractivity contribution in [2.75, 3.05) is 0 Å². The van der Waals surface area contributed by atoms with Crippen LogP contribution in [0, 0.1) is 5.82 Å². The van der Waals surface area contributed by atoms with Gasteiger partial charge in [0.2, 0.25) is 5.88 Å². The number of aromatic nitrogens is 1. The molecule has 0 atom stereocenters. The second-order valence-corrected chi connectivity index (χ2v) is 3.98. The number of benzene rings is 1. The molecule has 0 saturated heterocycles. The van der Waals surface area contributed by atoms with Crippen LogP contribution < -0.4 is 0 Å². The van der Waals surface area contributed by atoms with Gasteiger partial charge in [0.25, 0.3) is 0 Å². The van der Waals surface area contributed by atoms with E-state index in [1.54, 1.807) is 0 Å². The van der Waals surface area contributed by atoms with Gasteiger partial charge in [0, 0.05) is 5.56 Å². The lowest BCUT2D eigenvalue weighted by molar-refractivity contribution is 0.0699. The predicted octanol–water partition coefficient (Wildman–Crippen LogP) is 2.35. The monoisotopic (exact) mass is 239 g/mol. The zero-order valence-corrected chi connectivity index (χ0v) is 8.66. The maximum absolute atomic E-state index is 12.7. The molecule has 0 saturated carbocycles. The number of carboxylic acids is 1. The van der Waals surface area contributed by atoms with Crippen molar-refractivity contribution in [3.8, 4) is 16.5 Å². The summed E-state index contributed by atoms with van der Waals surface area (Å²) in [4.78, 5) is 14.2. The van der Waals surface area contributed by atoms with Crippen LogP contribution in [-0.2, 0) is 0 Å². The van der Waals surface area contributed by atoms with Gasteiger partial charge in [-0.1, -0.05) is 0 Å². The Kier molecular flexibility index (Phi) is 2.57. The molecule has 0 radical (unpaired) electrons. The highest BCUT2D eigenvalue weighted by Gasteiger charge is 2.17. The maximum atomic E-state index is 12.7. The molecule has 1 heterocycles. The molecule has 0 bridgehead atoms. The van der Waals surface area contributed by atoms with E-state index in [2.05, 4.69) is 4.98 Å². The molecule has 2 aromatic rings. The van der Waals surface area contributed by atoms with Gasteiger partial charge in [0.15, 0.2) is 4.88 Å². The Morgan fingerprint density at radius 2 is 1.94 bits per heavy atom. The van der Waals surface area contributed by atoms with Crippen LogP contribution >= 0.6 is 11.3 Å². The molecule has 0 spiro atoms. The molecule has 1 aromatic heterocycles.